The Bertz CT molecular complexity index is 566. The van der Waals surface area contributed by atoms with Gasteiger partial charge in [0.15, 0.2) is 0 Å². The molecule has 112 valence electrons. The molecule has 0 bridgehead atoms. The lowest BCUT2D eigenvalue weighted by Gasteiger charge is -2.39. The van der Waals surface area contributed by atoms with Crippen LogP contribution in [0.2, 0.25) is 0 Å². The van der Waals surface area contributed by atoms with Crippen molar-refractivity contribution in [2.45, 2.75) is 51.0 Å². The minimum atomic E-state index is -3.57. The molecule has 0 radical (unpaired) electrons. The van der Waals surface area contributed by atoms with E-state index in [-0.39, 0.29) is 16.4 Å². The third-order valence-electron chi connectivity index (χ3n) is 3.83. The summed E-state index contributed by atoms with van der Waals surface area (Å²) in [5, 5.41) is 0. The van der Waals surface area contributed by atoms with E-state index in [0.29, 0.717) is 5.92 Å². The van der Waals surface area contributed by atoms with Gasteiger partial charge >= 0.3 is 0 Å². The first kappa shape index (κ1) is 15.4. The molecule has 1 saturated carbocycles. The number of hydrogen-bond donors (Lipinski definition) is 1. The summed E-state index contributed by atoms with van der Waals surface area (Å²) in [6.07, 6.45) is 2.80. The summed E-state index contributed by atoms with van der Waals surface area (Å²) in [4.78, 5) is 0.120. The van der Waals surface area contributed by atoms with Gasteiger partial charge in [0.1, 0.15) is 5.82 Å². The van der Waals surface area contributed by atoms with Crippen LogP contribution in [0.1, 0.15) is 40.0 Å². The Balaban J connectivity index is 2.14. The van der Waals surface area contributed by atoms with E-state index >= 15 is 0 Å². The smallest absolute Gasteiger partial charge is 0.208 e. The molecular weight excluding hydrogens is 277 g/mol. The molecule has 2 atom stereocenters. The molecule has 0 amide bonds. The van der Waals surface area contributed by atoms with Crippen molar-refractivity contribution >= 4 is 10.0 Å². The van der Waals surface area contributed by atoms with Crippen molar-refractivity contribution < 1.29 is 12.8 Å². The van der Waals surface area contributed by atoms with Crippen LogP contribution >= 0.6 is 0 Å². The second-order valence-electron chi connectivity index (χ2n) is 6.69. The molecule has 1 aliphatic rings. The summed E-state index contributed by atoms with van der Waals surface area (Å²) < 4.78 is 40.2. The zero-order valence-corrected chi connectivity index (χ0v) is 13.0. The minimum absolute atomic E-state index is 0.0520. The quantitative estimate of drug-likeness (QED) is 0.930. The fraction of sp³-hybridized carbons (Fsp3) is 0.600. The molecule has 1 aromatic rings. The van der Waals surface area contributed by atoms with Gasteiger partial charge in [0.25, 0.3) is 0 Å². The van der Waals surface area contributed by atoms with Crippen LogP contribution in [0.5, 0.6) is 0 Å². The molecule has 2 rings (SSSR count). The van der Waals surface area contributed by atoms with Crippen LogP contribution in [0.3, 0.4) is 0 Å². The first-order valence-electron chi connectivity index (χ1n) is 6.96. The molecule has 1 fully saturated rings. The SMILES string of the molecule is CC1CC(NS(=O)(=O)c2ccc(F)cc2)CC(C)(C)C1. The standard InChI is InChI=1S/C15H22FNO2S/c1-11-8-13(10-15(2,3)9-11)17-20(18,19)14-6-4-12(16)5-7-14/h4-7,11,13,17H,8-10H2,1-3H3. The van der Waals surface area contributed by atoms with Crippen molar-refractivity contribution in [3.05, 3.63) is 30.1 Å². The Labute approximate surface area is 120 Å². The lowest BCUT2D eigenvalue weighted by Crippen LogP contribution is -2.42. The van der Waals surface area contributed by atoms with Gasteiger partial charge in [-0.25, -0.2) is 17.5 Å². The van der Waals surface area contributed by atoms with Crippen LogP contribution in [-0.4, -0.2) is 14.5 Å². The zero-order chi connectivity index (χ0) is 15.0. The highest BCUT2D eigenvalue weighted by Crippen LogP contribution is 2.38. The maximum Gasteiger partial charge on any atom is 0.240 e. The van der Waals surface area contributed by atoms with Gasteiger partial charge in [-0.2, -0.15) is 0 Å². The molecule has 0 aromatic heterocycles. The van der Waals surface area contributed by atoms with Crippen molar-refractivity contribution in [2.75, 3.05) is 0 Å². The van der Waals surface area contributed by atoms with E-state index in [1.807, 2.05) is 0 Å². The summed E-state index contributed by atoms with van der Waals surface area (Å²) >= 11 is 0. The molecule has 1 N–H and O–H groups in total. The largest absolute Gasteiger partial charge is 0.240 e. The Morgan fingerprint density at radius 1 is 1.20 bits per heavy atom. The molecule has 0 saturated heterocycles. The van der Waals surface area contributed by atoms with Crippen molar-refractivity contribution in [2.24, 2.45) is 11.3 Å². The molecule has 3 nitrogen and oxygen atoms in total. The topological polar surface area (TPSA) is 46.2 Å². The predicted molar refractivity (Wildman–Crippen MR) is 77.3 cm³/mol. The van der Waals surface area contributed by atoms with Crippen molar-refractivity contribution in [1.29, 1.82) is 0 Å². The maximum atomic E-state index is 12.9. The van der Waals surface area contributed by atoms with E-state index in [2.05, 4.69) is 25.5 Å². The first-order valence-corrected chi connectivity index (χ1v) is 8.44. The van der Waals surface area contributed by atoms with Gasteiger partial charge in [0.2, 0.25) is 10.0 Å². The van der Waals surface area contributed by atoms with Crippen LogP contribution < -0.4 is 4.72 Å². The minimum Gasteiger partial charge on any atom is -0.208 e. The Morgan fingerprint density at radius 3 is 2.35 bits per heavy atom. The fourth-order valence-corrected chi connectivity index (χ4v) is 4.59. The van der Waals surface area contributed by atoms with E-state index in [9.17, 15) is 12.8 Å². The number of halogens is 1. The summed E-state index contributed by atoms with van der Waals surface area (Å²) in [6, 6.07) is 4.89. The summed E-state index contributed by atoms with van der Waals surface area (Å²) in [7, 11) is -3.57. The van der Waals surface area contributed by atoms with Gasteiger partial charge in [0, 0.05) is 6.04 Å². The molecule has 2 unspecified atom stereocenters. The number of sulfonamides is 1. The van der Waals surface area contributed by atoms with Gasteiger partial charge in [-0.3, -0.25) is 0 Å². The van der Waals surface area contributed by atoms with Crippen LogP contribution in [-0.2, 0) is 10.0 Å². The van der Waals surface area contributed by atoms with Crippen molar-refractivity contribution in [3.63, 3.8) is 0 Å². The van der Waals surface area contributed by atoms with E-state index in [1.54, 1.807) is 0 Å². The van der Waals surface area contributed by atoms with Crippen LogP contribution in [0.4, 0.5) is 4.39 Å². The summed E-state index contributed by atoms with van der Waals surface area (Å²) in [6.45, 7) is 6.49. The number of hydrogen-bond acceptors (Lipinski definition) is 2. The second kappa shape index (κ2) is 5.45. The normalized spacial score (nSPS) is 26.4. The monoisotopic (exact) mass is 299 g/mol. The van der Waals surface area contributed by atoms with Gasteiger partial charge in [0.05, 0.1) is 4.90 Å². The molecule has 0 heterocycles. The van der Waals surface area contributed by atoms with Gasteiger partial charge < -0.3 is 0 Å². The van der Waals surface area contributed by atoms with Crippen molar-refractivity contribution in [3.8, 4) is 0 Å². The Kier molecular flexibility index (Phi) is 4.21. The van der Waals surface area contributed by atoms with E-state index in [4.69, 9.17) is 0 Å². The number of rotatable bonds is 3. The molecule has 0 aliphatic heterocycles. The lowest BCUT2D eigenvalue weighted by molar-refractivity contribution is 0.163. The third kappa shape index (κ3) is 3.79. The zero-order valence-electron chi connectivity index (χ0n) is 12.2. The van der Waals surface area contributed by atoms with Gasteiger partial charge in [-0.1, -0.05) is 20.8 Å². The molecule has 1 aromatic carbocycles. The Morgan fingerprint density at radius 2 is 1.80 bits per heavy atom. The van der Waals surface area contributed by atoms with E-state index in [1.165, 1.54) is 24.3 Å². The summed E-state index contributed by atoms with van der Waals surface area (Å²) in [5.41, 5.74) is 0.146. The predicted octanol–water partition coefficient (Wildman–Crippen LogP) is 3.32. The first-order chi connectivity index (χ1) is 9.18. The molecule has 0 spiro atoms. The highest BCUT2D eigenvalue weighted by molar-refractivity contribution is 7.89. The van der Waals surface area contributed by atoms with Crippen LogP contribution in [0.15, 0.2) is 29.2 Å². The van der Waals surface area contributed by atoms with E-state index < -0.39 is 15.8 Å². The highest BCUT2D eigenvalue weighted by Gasteiger charge is 2.34. The summed E-state index contributed by atoms with van der Waals surface area (Å²) in [5.74, 6) is 0.0658. The fourth-order valence-electron chi connectivity index (χ4n) is 3.34. The van der Waals surface area contributed by atoms with Crippen LogP contribution in [0.25, 0.3) is 0 Å². The molecular formula is C15H22FNO2S. The number of nitrogens with one attached hydrogen (secondary N) is 1. The molecule has 1 aliphatic carbocycles. The van der Waals surface area contributed by atoms with Gasteiger partial charge in [-0.05, 0) is 54.9 Å². The average Bonchev–Trinajstić information content (AvgIpc) is 2.25. The third-order valence-corrected chi connectivity index (χ3v) is 5.37. The average molecular weight is 299 g/mol. The second-order valence-corrected chi connectivity index (χ2v) is 8.40. The molecule has 20 heavy (non-hydrogen) atoms. The number of benzene rings is 1. The highest BCUT2D eigenvalue weighted by atomic mass is 32.2. The van der Waals surface area contributed by atoms with Gasteiger partial charge in [-0.15, -0.1) is 0 Å². The Hall–Kier alpha value is -0.940. The maximum absolute atomic E-state index is 12.9. The van der Waals surface area contributed by atoms with Crippen molar-refractivity contribution in [1.82, 2.24) is 4.72 Å². The van der Waals surface area contributed by atoms with E-state index in [0.717, 1.165) is 19.3 Å². The lowest BCUT2D eigenvalue weighted by atomic mass is 9.71. The molecule has 5 heteroatoms. The van der Waals surface area contributed by atoms with Crippen LogP contribution in [0, 0.1) is 17.2 Å².